The molecule has 0 bridgehead atoms. The van der Waals surface area contributed by atoms with Gasteiger partial charge in [0.25, 0.3) is 0 Å². The number of benzene rings is 1. The number of anilines is 2. The first-order chi connectivity index (χ1) is 10.7. The zero-order valence-electron chi connectivity index (χ0n) is 12.3. The smallest absolute Gasteiger partial charge is 0.354 e. The molecule has 1 aliphatic heterocycles. The molecule has 0 spiro atoms. The molecule has 5 nitrogen and oxygen atoms in total. The van der Waals surface area contributed by atoms with Crippen LogP contribution < -0.4 is 10.2 Å². The molecule has 1 atom stereocenters. The zero-order chi connectivity index (χ0) is 15.4. The van der Waals surface area contributed by atoms with Gasteiger partial charge in [0, 0.05) is 24.8 Å². The average molecular weight is 297 g/mol. The third-order valence-electron chi connectivity index (χ3n) is 3.84. The van der Waals surface area contributed by atoms with Gasteiger partial charge in [-0.15, -0.1) is 0 Å². The van der Waals surface area contributed by atoms with Gasteiger partial charge in [-0.1, -0.05) is 24.3 Å². The van der Waals surface area contributed by atoms with Crippen LogP contribution in [-0.4, -0.2) is 35.2 Å². The molecule has 1 fully saturated rings. The van der Waals surface area contributed by atoms with Crippen molar-refractivity contribution in [3.8, 4) is 0 Å². The summed E-state index contributed by atoms with van der Waals surface area (Å²) in [6, 6.07) is 15.6. The van der Waals surface area contributed by atoms with Crippen molar-refractivity contribution in [2.45, 2.75) is 18.9 Å². The van der Waals surface area contributed by atoms with Gasteiger partial charge in [-0.3, -0.25) is 0 Å². The molecule has 2 heterocycles. The summed E-state index contributed by atoms with van der Waals surface area (Å²) in [4.78, 5) is 17.4. The lowest BCUT2D eigenvalue weighted by Gasteiger charge is -2.34. The number of carbonyl (C=O) groups is 1. The van der Waals surface area contributed by atoms with E-state index in [1.54, 1.807) is 6.07 Å². The van der Waals surface area contributed by atoms with Gasteiger partial charge in [0.1, 0.15) is 5.82 Å². The lowest BCUT2D eigenvalue weighted by molar-refractivity contribution is 0.0690. The second kappa shape index (κ2) is 6.47. The summed E-state index contributed by atoms with van der Waals surface area (Å²) in [5.74, 6) is -0.253. The van der Waals surface area contributed by atoms with Crippen molar-refractivity contribution >= 4 is 17.5 Å². The summed E-state index contributed by atoms with van der Waals surface area (Å²) in [6.45, 7) is 1.73. The molecule has 2 aromatic rings. The van der Waals surface area contributed by atoms with E-state index in [-0.39, 0.29) is 5.69 Å². The molecule has 114 valence electrons. The highest BCUT2D eigenvalue weighted by molar-refractivity contribution is 5.85. The Bertz CT molecular complexity index is 645. The van der Waals surface area contributed by atoms with E-state index in [4.69, 9.17) is 5.11 Å². The number of pyridine rings is 1. The Balaban J connectivity index is 1.70. The standard InChI is InChI=1S/C17H19N3O2/c21-17(22)15-9-4-10-16(19-15)20-11-5-8-14(12-20)18-13-6-2-1-3-7-13/h1-4,6-7,9-10,14,18H,5,8,11-12H2,(H,21,22). The van der Waals surface area contributed by atoms with Gasteiger partial charge in [0.05, 0.1) is 0 Å². The second-order valence-electron chi connectivity index (χ2n) is 5.48. The van der Waals surface area contributed by atoms with Gasteiger partial charge < -0.3 is 15.3 Å². The van der Waals surface area contributed by atoms with Crippen LogP contribution in [0.2, 0.25) is 0 Å². The minimum Gasteiger partial charge on any atom is -0.477 e. The van der Waals surface area contributed by atoms with Crippen molar-refractivity contribution in [2.24, 2.45) is 0 Å². The van der Waals surface area contributed by atoms with E-state index in [0.717, 1.165) is 37.4 Å². The SMILES string of the molecule is O=C(O)c1cccc(N2CCCC(Nc3ccccc3)C2)n1. The van der Waals surface area contributed by atoms with Crippen molar-refractivity contribution in [2.75, 3.05) is 23.3 Å². The number of carboxylic acid groups (broad SMARTS) is 1. The molecule has 1 aromatic carbocycles. The van der Waals surface area contributed by atoms with Crippen LogP contribution >= 0.6 is 0 Å². The van der Waals surface area contributed by atoms with Gasteiger partial charge in [-0.05, 0) is 37.1 Å². The topological polar surface area (TPSA) is 65.5 Å². The van der Waals surface area contributed by atoms with Gasteiger partial charge in [-0.2, -0.15) is 0 Å². The molecule has 22 heavy (non-hydrogen) atoms. The van der Waals surface area contributed by atoms with Crippen molar-refractivity contribution in [3.63, 3.8) is 0 Å². The third-order valence-corrected chi connectivity index (χ3v) is 3.84. The van der Waals surface area contributed by atoms with Crippen LogP contribution in [0.1, 0.15) is 23.3 Å². The fourth-order valence-corrected chi connectivity index (χ4v) is 2.79. The fraction of sp³-hybridized carbons (Fsp3) is 0.294. The van der Waals surface area contributed by atoms with E-state index in [2.05, 4.69) is 27.3 Å². The summed E-state index contributed by atoms with van der Waals surface area (Å²) in [5, 5.41) is 12.6. The van der Waals surface area contributed by atoms with E-state index in [1.165, 1.54) is 6.07 Å². The van der Waals surface area contributed by atoms with Crippen molar-refractivity contribution < 1.29 is 9.90 Å². The van der Waals surface area contributed by atoms with Crippen LogP contribution in [0.4, 0.5) is 11.5 Å². The number of aromatic carboxylic acids is 1. The van der Waals surface area contributed by atoms with Crippen LogP contribution in [-0.2, 0) is 0 Å². The van der Waals surface area contributed by atoms with E-state index in [9.17, 15) is 4.79 Å². The minimum absolute atomic E-state index is 0.0932. The Labute approximate surface area is 129 Å². The first kappa shape index (κ1) is 14.4. The van der Waals surface area contributed by atoms with E-state index in [1.807, 2.05) is 24.3 Å². The van der Waals surface area contributed by atoms with Crippen LogP contribution in [0.25, 0.3) is 0 Å². The summed E-state index contributed by atoms with van der Waals surface area (Å²) in [6.07, 6.45) is 2.16. The number of aromatic nitrogens is 1. The maximum atomic E-state index is 11.0. The number of nitrogens with one attached hydrogen (secondary N) is 1. The molecule has 1 saturated heterocycles. The summed E-state index contributed by atoms with van der Waals surface area (Å²) in [7, 11) is 0. The normalized spacial score (nSPS) is 18.0. The van der Waals surface area contributed by atoms with E-state index < -0.39 is 5.97 Å². The molecular weight excluding hydrogens is 278 g/mol. The first-order valence-corrected chi connectivity index (χ1v) is 7.49. The predicted octanol–water partition coefficient (Wildman–Crippen LogP) is 2.86. The molecule has 0 saturated carbocycles. The zero-order valence-corrected chi connectivity index (χ0v) is 12.3. The van der Waals surface area contributed by atoms with Gasteiger partial charge in [0.2, 0.25) is 0 Å². The minimum atomic E-state index is -0.988. The Morgan fingerprint density at radius 3 is 2.77 bits per heavy atom. The lowest BCUT2D eigenvalue weighted by atomic mass is 10.1. The maximum Gasteiger partial charge on any atom is 0.354 e. The predicted molar refractivity (Wildman–Crippen MR) is 86.5 cm³/mol. The monoisotopic (exact) mass is 297 g/mol. The molecule has 1 aliphatic rings. The highest BCUT2D eigenvalue weighted by Gasteiger charge is 2.21. The lowest BCUT2D eigenvalue weighted by Crippen LogP contribution is -2.42. The van der Waals surface area contributed by atoms with Gasteiger partial charge >= 0.3 is 5.97 Å². The second-order valence-corrected chi connectivity index (χ2v) is 5.48. The fourth-order valence-electron chi connectivity index (χ4n) is 2.79. The summed E-state index contributed by atoms with van der Waals surface area (Å²) < 4.78 is 0. The quantitative estimate of drug-likeness (QED) is 0.908. The van der Waals surface area contributed by atoms with Gasteiger partial charge in [-0.25, -0.2) is 9.78 Å². The van der Waals surface area contributed by atoms with Gasteiger partial charge in [0.15, 0.2) is 5.69 Å². The number of hydrogen-bond donors (Lipinski definition) is 2. The van der Waals surface area contributed by atoms with Crippen molar-refractivity contribution in [1.29, 1.82) is 0 Å². The molecule has 5 heteroatoms. The molecule has 2 N–H and O–H groups in total. The molecule has 1 unspecified atom stereocenters. The Morgan fingerprint density at radius 2 is 2.00 bits per heavy atom. The number of carboxylic acids is 1. The van der Waals surface area contributed by atoms with Crippen LogP contribution in [0.3, 0.4) is 0 Å². The number of hydrogen-bond acceptors (Lipinski definition) is 4. The molecular formula is C17H19N3O2. The highest BCUT2D eigenvalue weighted by Crippen LogP contribution is 2.20. The van der Waals surface area contributed by atoms with Crippen LogP contribution in [0.5, 0.6) is 0 Å². The molecule has 0 amide bonds. The van der Waals surface area contributed by atoms with Crippen molar-refractivity contribution in [3.05, 3.63) is 54.2 Å². The number of piperidine rings is 1. The Hall–Kier alpha value is -2.56. The number of nitrogens with zero attached hydrogens (tertiary/aromatic N) is 2. The summed E-state index contributed by atoms with van der Waals surface area (Å²) in [5.41, 5.74) is 1.21. The number of rotatable bonds is 4. The Kier molecular flexibility index (Phi) is 4.23. The van der Waals surface area contributed by atoms with Crippen LogP contribution in [0, 0.1) is 0 Å². The van der Waals surface area contributed by atoms with E-state index in [0.29, 0.717) is 6.04 Å². The average Bonchev–Trinajstić information content (AvgIpc) is 2.56. The number of para-hydroxylation sites is 1. The van der Waals surface area contributed by atoms with Crippen molar-refractivity contribution in [1.82, 2.24) is 4.98 Å². The molecule has 0 radical (unpaired) electrons. The molecule has 1 aromatic heterocycles. The maximum absolute atomic E-state index is 11.0. The third kappa shape index (κ3) is 3.36. The first-order valence-electron chi connectivity index (χ1n) is 7.49. The van der Waals surface area contributed by atoms with Crippen LogP contribution in [0.15, 0.2) is 48.5 Å². The molecule has 0 aliphatic carbocycles. The summed E-state index contributed by atoms with van der Waals surface area (Å²) >= 11 is 0. The van der Waals surface area contributed by atoms with E-state index >= 15 is 0 Å². The highest BCUT2D eigenvalue weighted by atomic mass is 16.4. The molecule has 3 rings (SSSR count). The Morgan fingerprint density at radius 1 is 1.18 bits per heavy atom. The largest absolute Gasteiger partial charge is 0.477 e.